The third-order valence-corrected chi connectivity index (χ3v) is 8.71. The Morgan fingerprint density at radius 2 is 1.62 bits per heavy atom. The van der Waals surface area contributed by atoms with E-state index in [-0.39, 0.29) is 16.9 Å². The fraction of sp³-hybridized carbons (Fsp3) is 0.118. The minimum Gasteiger partial charge on any atom is -0.448 e. The Balaban J connectivity index is 1.30. The van der Waals surface area contributed by atoms with Crippen LogP contribution in [0.1, 0.15) is 33.2 Å². The highest BCUT2D eigenvalue weighted by atomic mass is 32.2. The molecular weight excluding hydrogens is 592 g/mol. The van der Waals surface area contributed by atoms with Crippen LogP contribution in [0.2, 0.25) is 0 Å². The first kappa shape index (κ1) is 29.5. The van der Waals surface area contributed by atoms with Crippen LogP contribution in [0, 0.1) is 10.1 Å². The molecule has 0 spiro atoms. The second-order valence-corrected chi connectivity index (χ2v) is 11.4. The van der Waals surface area contributed by atoms with Crippen molar-refractivity contribution in [1.82, 2.24) is 15.2 Å². The van der Waals surface area contributed by atoms with Crippen LogP contribution in [0.3, 0.4) is 0 Å². The highest BCUT2D eigenvalue weighted by Gasteiger charge is 2.54. The molecule has 11 heteroatoms. The second kappa shape index (κ2) is 13.0. The van der Waals surface area contributed by atoms with Crippen LogP contribution < -0.4 is 5.32 Å². The second-order valence-electron chi connectivity index (χ2n) is 10.3. The maximum Gasteiger partial charge on any atom is 0.356 e. The average Bonchev–Trinajstić information content (AvgIpc) is 3.09. The van der Waals surface area contributed by atoms with Crippen molar-refractivity contribution < 1.29 is 24.0 Å². The normalized spacial score (nSPS) is 17.5. The van der Waals surface area contributed by atoms with Crippen LogP contribution in [0.4, 0.5) is 5.69 Å². The molecule has 0 saturated carbocycles. The predicted octanol–water partition coefficient (Wildman–Crippen LogP) is 5.30. The van der Waals surface area contributed by atoms with E-state index in [1.54, 1.807) is 24.5 Å². The number of non-ortho nitro benzene ring substituents is 1. The molecule has 1 unspecified atom stereocenters. The van der Waals surface area contributed by atoms with E-state index < -0.39 is 40.2 Å². The number of carbonyl (C=O) groups is 3. The quantitative estimate of drug-likeness (QED) is 0.116. The first-order valence-electron chi connectivity index (χ1n) is 14.0. The van der Waals surface area contributed by atoms with Crippen molar-refractivity contribution in [2.45, 2.75) is 17.5 Å². The lowest BCUT2D eigenvalue weighted by Gasteiger charge is -2.49. The third-order valence-electron chi connectivity index (χ3n) is 7.41. The van der Waals surface area contributed by atoms with Crippen LogP contribution in [-0.4, -0.2) is 49.8 Å². The van der Waals surface area contributed by atoms with E-state index in [4.69, 9.17) is 4.74 Å². The van der Waals surface area contributed by atoms with Crippen molar-refractivity contribution in [3.63, 3.8) is 0 Å². The molecule has 224 valence electrons. The zero-order valence-corrected chi connectivity index (χ0v) is 24.5. The number of nitro groups is 1. The van der Waals surface area contributed by atoms with Crippen molar-refractivity contribution in [3.05, 3.63) is 159 Å². The summed E-state index contributed by atoms with van der Waals surface area (Å²) in [5, 5.41) is 13.2. The number of amides is 2. The van der Waals surface area contributed by atoms with Crippen LogP contribution in [0.25, 0.3) is 6.08 Å². The number of nitro benzene ring substituents is 1. The van der Waals surface area contributed by atoms with Gasteiger partial charge in [0.25, 0.3) is 17.5 Å². The first-order valence-corrected chi connectivity index (χ1v) is 15.1. The number of nitrogens with one attached hydrogen (secondary N) is 1. The van der Waals surface area contributed by atoms with E-state index in [9.17, 15) is 24.5 Å². The summed E-state index contributed by atoms with van der Waals surface area (Å²) >= 11 is 1.41. The molecule has 1 fully saturated rings. The molecule has 3 aromatic carbocycles. The number of esters is 1. The Bertz CT molecular complexity index is 1760. The molecular formula is C34H26N4O6S. The fourth-order valence-corrected chi connectivity index (χ4v) is 6.46. The van der Waals surface area contributed by atoms with Gasteiger partial charge in [0.05, 0.1) is 4.92 Å². The number of benzene rings is 3. The summed E-state index contributed by atoms with van der Waals surface area (Å²) in [7, 11) is 0. The summed E-state index contributed by atoms with van der Waals surface area (Å²) in [6.45, 7) is 0. The molecule has 0 aliphatic carbocycles. The molecule has 45 heavy (non-hydrogen) atoms. The van der Waals surface area contributed by atoms with Gasteiger partial charge in [0.1, 0.15) is 17.1 Å². The number of allylic oxidation sites excluding steroid dienone is 1. The molecule has 0 bridgehead atoms. The van der Waals surface area contributed by atoms with Gasteiger partial charge in [-0.3, -0.25) is 29.6 Å². The zero-order valence-electron chi connectivity index (χ0n) is 23.7. The Kier molecular flexibility index (Phi) is 8.52. The Hall–Kier alpha value is -5.55. The summed E-state index contributed by atoms with van der Waals surface area (Å²) in [5.41, 5.74) is 3.10. The summed E-state index contributed by atoms with van der Waals surface area (Å²) < 4.78 is 6.17. The average molecular weight is 619 g/mol. The Morgan fingerprint density at radius 1 is 0.956 bits per heavy atom. The molecule has 1 N–H and O–H groups in total. The van der Waals surface area contributed by atoms with E-state index in [0.29, 0.717) is 11.3 Å². The maximum atomic E-state index is 14.1. The smallest absolute Gasteiger partial charge is 0.356 e. The SMILES string of the molecule is O=C(OC(c1ccccc1)c1ccccc1)C1=C(C=Cc2cccnc2)CS[C@@H]2C(NC(=O)c3ccc([N+](=O)[O-])cc3)C(=O)N12. The van der Waals surface area contributed by atoms with Gasteiger partial charge < -0.3 is 10.1 Å². The molecule has 6 rings (SSSR count). The molecule has 2 amide bonds. The Labute approximate surface area is 262 Å². The number of carbonyl (C=O) groups excluding carboxylic acids is 3. The third kappa shape index (κ3) is 6.24. The van der Waals surface area contributed by atoms with Crippen molar-refractivity contribution in [2.75, 3.05) is 5.75 Å². The van der Waals surface area contributed by atoms with E-state index in [0.717, 1.165) is 16.7 Å². The van der Waals surface area contributed by atoms with Crippen molar-refractivity contribution >= 4 is 41.3 Å². The van der Waals surface area contributed by atoms with E-state index >= 15 is 0 Å². The van der Waals surface area contributed by atoms with Gasteiger partial charge in [-0.25, -0.2) is 4.79 Å². The predicted molar refractivity (Wildman–Crippen MR) is 169 cm³/mol. The molecule has 2 aliphatic heterocycles. The highest BCUT2D eigenvalue weighted by Crippen LogP contribution is 2.42. The number of thioether (sulfide) groups is 1. The van der Waals surface area contributed by atoms with E-state index in [1.165, 1.54) is 40.9 Å². The Morgan fingerprint density at radius 3 is 2.22 bits per heavy atom. The van der Waals surface area contributed by atoms with Gasteiger partial charge in [-0.05, 0) is 40.5 Å². The summed E-state index contributed by atoms with van der Waals surface area (Å²) in [5.74, 6) is -1.30. The van der Waals surface area contributed by atoms with Crippen molar-refractivity contribution in [3.8, 4) is 0 Å². The van der Waals surface area contributed by atoms with Crippen LogP contribution in [0.15, 0.2) is 127 Å². The standard InChI is InChI=1S/C34H26N4O6S/c39-31(25-15-17-27(18-16-25)38(42)43)36-28-32(40)37-29(26(21-45-33(28)37)14-13-22-8-7-19-35-20-22)34(41)44-30(23-9-3-1-4-10-23)24-11-5-2-6-12-24/h1-20,28,30,33H,21H2,(H,36,39)/t28?,33-/m1/s1. The largest absolute Gasteiger partial charge is 0.448 e. The summed E-state index contributed by atoms with van der Waals surface area (Å²) in [6.07, 6.45) is 6.23. The van der Waals surface area contributed by atoms with E-state index in [1.807, 2.05) is 72.8 Å². The highest BCUT2D eigenvalue weighted by molar-refractivity contribution is 8.00. The summed E-state index contributed by atoms with van der Waals surface area (Å²) in [6, 6.07) is 26.6. The topological polar surface area (TPSA) is 132 Å². The molecule has 10 nitrogen and oxygen atoms in total. The summed E-state index contributed by atoms with van der Waals surface area (Å²) in [4.78, 5) is 56.6. The van der Waals surface area contributed by atoms with Crippen LogP contribution in [0.5, 0.6) is 0 Å². The van der Waals surface area contributed by atoms with Crippen molar-refractivity contribution in [1.29, 1.82) is 0 Å². The van der Waals surface area contributed by atoms with Gasteiger partial charge in [-0.1, -0.05) is 78.9 Å². The van der Waals surface area contributed by atoms with Gasteiger partial charge >= 0.3 is 5.97 Å². The van der Waals surface area contributed by atoms with Crippen LogP contribution >= 0.6 is 11.8 Å². The molecule has 3 heterocycles. The molecule has 4 aromatic rings. The molecule has 0 radical (unpaired) electrons. The first-order chi connectivity index (χ1) is 21.9. The number of ether oxygens (including phenoxy) is 1. The van der Waals surface area contributed by atoms with Gasteiger partial charge in [-0.15, -0.1) is 11.8 Å². The lowest BCUT2D eigenvalue weighted by atomic mass is 10.00. The monoisotopic (exact) mass is 618 g/mol. The fourth-order valence-electron chi connectivity index (χ4n) is 5.14. The number of fused-ring (bicyclic) bond motifs is 1. The number of pyridine rings is 1. The number of β-lactam (4-membered cyclic amide) rings is 1. The molecule has 2 aliphatic rings. The molecule has 2 atom stereocenters. The number of hydrogen-bond acceptors (Lipinski definition) is 8. The van der Waals surface area contributed by atoms with Crippen molar-refractivity contribution in [2.24, 2.45) is 0 Å². The van der Waals surface area contributed by atoms with Gasteiger partial charge in [0.15, 0.2) is 6.10 Å². The number of aromatic nitrogens is 1. The van der Waals surface area contributed by atoms with Gasteiger partial charge in [-0.2, -0.15) is 0 Å². The minimum atomic E-state index is -0.900. The minimum absolute atomic E-state index is 0.113. The maximum absolute atomic E-state index is 14.1. The van der Waals surface area contributed by atoms with Crippen LogP contribution in [-0.2, 0) is 14.3 Å². The van der Waals surface area contributed by atoms with Gasteiger partial charge in [0.2, 0.25) is 0 Å². The number of hydrogen-bond donors (Lipinski definition) is 1. The molecule has 1 aromatic heterocycles. The lowest BCUT2D eigenvalue weighted by Crippen LogP contribution is -2.70. The number of rotatable bonds is 9. The zero-order chi connectivity index (χ0) is 31.3. The van der Waals surface area contributed by atoms with Gasteiger partial charge in [0, 0.05) is 35.8 Å². The molecule has 1 saturated heterocycles. The number of nitrogens with zero attached hydrogens (tertiary/aromatic N) is 3. The lowest BCUT2D eigenvalue weighted by molar-refractivity contribution is -0.384. The van der Waals surface area contributed by atoms with E-state index in [2.05, 4.69) is 10.3 Å².